The average molecular weight is 431 g/mol. The van der Waals surface area contributed by atoms with Crippen molar-refractivity contribution in [3.63, 3.8) is 0 Å². The molecule has 0 aliphatic heterocycles. The smallest absolute Gasteiger partial charge is 0.238 e. The Bertz CT molecular complexity index is 942. The summed E-state index contributed by atoms with van der Waals surface area (Å²) in [6.07, 6.45) is 0.773. The molecule has 158 valence electrons. The van der Waals surface area contributed by atoms with Crippen LogP contribution in [0.3, 0.4) is 0 Å². The molecule has 0 aliphatic rings. The number of hydrogen-bond donors (Lipinski definition) is 1. The number of amides is 1. The summed E-state index contributed by atoms with van der Waals surface area (Å²) in [5, 5.41) is 4.40. The number of hydrogen-bond acceptors (Lipinski definition) is 4. The number of benzene rings is 2. The summed E-state index contributed by atoms with van der Waals surface area (Å²) in [6.45, 7) is 2.57. The van der Waals surface area contributed by atoms with Crippen LogP contribution in [-0.2, 0) is 17.8 Å². The van der Waals surface area contributed by atoms with E-state index in [4.69, 9.17) is 4.74 Å². The van der Waals surface area contributed by atoms with Crippen LogP contribution in [0.2, 0.25) is 0 Å². The second kappa shape index (κ2) is 10.3. The highest BCUT2D eigenvalue weighted by Crippen LogP contribution is 2.20. The van der Waals surface area contributed by atoms with Crippen LogP contribution in [0.1, 0.15) is 17.4 Å². The van der Waals surface area contributed by atoms with Gasteiger partial charge in [-0.2, -0.15) is 0 Å². The fourth-order valence-electron chi connectivity index (χ4n) is 3.16. The van der Waals surface area contributed by atoms with E-state index in [9.17, 15) is 13.6 Å². The number of ether oxygens (including phenoxy) is 1. The summed E-state index contributed by atoms with van der Waals surface area (Å²) < 4.78 is 33.0. The Kier molecular flexibility index (Phi) is 7.54. The van der Waals surface area contributed by atoms with Crippen LogP contribution in [0, 0.1) is 11.6 Å². The van der Waals surface area contributed by atoms with Crippen molar-refractivity contribution in [2.75, 3.05) is 19.0 Å². The number of nitrogens with zero attached hydrogens (tertiary/aromatic N) is 1. The molecule has 0 saturated carbocycles. The van der Waals surface area contributed by atoms with E-state index >= 15 is 0 Å². The predicted molar refractivity (Wildman–Crippen MR) is 116 cm³/mol. The number of para-hydroxylation sites is 1. The van der Waals surface area contributed by atoms with Gasteiger partial charge < -0.3 is 10.1 Å². The zero-order valence-corrected chi connectivity index (χ0v) is 17.7. The number of thiophene rings is 1. The standard InChI is InChI=1S/C23H24F2N2O2S/c1-16(13-19-5-4-12-30-19)27(14-17-8-10-18(29-2)11-9-17)15-22(28)26-23-20(24)6-3-7-21(23)25/h3-12,16H,13-15H2,1-2H3,(H,26,28). The molecule has 7 heteroatoms. The Hall–Kier alpha value is -2.77. The van der Waals surface area contributed by atoms with Crippen LogP contribution in [0.15, 0.2) is 60.0 Å². The molecule has 0 saturated heterocycles. The van der Waals surface area contributed by atoms with Gasteiger partial charge in [-0.3, -0.25) is 9.69 Å². The van der Waals surface area contributed by atoms with Crippen molar-refractivity contribution in [2.24, 2.45) is 0 Å². The molecule has 1 amide bonds. The quantitative estimate of drug-likeness (QED) is 0.513. The first-order valence-electron chi connectivity index (χ1n) is 9.59. The van der Waals surface area contributed by atoms with Gasteiger partial charge in [0, 0.05) is 17.5 Å². The molecule has 3 aromatic rings. The fourth-order valence-corrected chi connectivity index (χ4v) is 3.99. The number of methoxy groups -OCH3 is 1. The third-order valence-electron chi connectivity index (χ3n) is 4.82. The Morgan fingerprint density at radius 2 is 1.80 bits per heavy atom. The molecule has 1 atom stereocenters. The van der Waals surface area contributed by atoms with Crippen molar-refractivity contribution in [2.45, 2.75) is 25.9 Å². The van der Waals surface area contributed by atoms with Gasteiger partial charge in [0.15, 0.2) is 0 Å². The maximum Gasteiger partial charge on any atom is 0.238 e. The number of carbonyl (C=O) groups is 1. The van der Waals surface area contributed by atoms with E-state index in [1.165, 1.54) is 10.9 Å². The van der Waals surface area contributed by atoms with Gasteiger partial charge in [-0.15, -0.1) is 11.3 Å². The maximum atomic E-state index is 13.9. The maximum absolute atomic E-state index is 13.9. The fraction of sp³-hybridized carbons (Fsp3) is 0.261. The highest BCUT2D eigenvalue weighted by Gasteiger charge is 2.20. The Balaban J connectivity index is 1.74. The number of halogens is 2. The van der Waals surface area contributed by atoms with Gasteiger partial charge in [0.2, 0.25) is 5.91 Å². The predicted octanol–water partition coefficient (Wildman–Crippen LogP) is 5.11. The molecule has 1 heterocycles. The largest absolute Gasteiger partial charge is 0.497 e. The highest BCUT2D eigenvalue weighted by atomic mass is 32.1. The van der Waals surface area contributed by atoms with Crippen LogP contribution in [-0.4, -0.2) is 30.5 Å². The van der Waals surface area contributed by atoms with Crippen molar-refractivity contribution in [1.82, 2.24) is 4.90 Å². The lowest BCUT2D eigenvalue weighted by Gasteiger charge is -2.28. The molecule has 3 rings (SSSR count). The minimum atomic E-state index is -0.795. The second-order valence-electron chi connectivity index (χ2n) is 7.03. The molecule has 4 nitrogen and oxygen atoms in total. The Morgan fingerprint density at radius 1 is 1.10 bits per heavy atom. The topological polar surface area (TPSA) is 41.6 Å². The van der Waals surface area contributed by atoms with E-state index in [-0.39, 0.29) is 12.6 Å². The van der Waals surface area contributed by atoms with Crippen LogP contribution in [0.4, 0.5) is 14.5 Å². The molecule has 0 spiro atoms. The molecular formula is C23H24F2N2O2S. The average Bonchev–Trinajstić information content (AvgIpc) is 3.24. The van der Waals surface area contributed by atoms with Crippen molar-refractivity contribution < 1.29 is 18.3 Å². The summed E-state index contributed by atoms with van der Waals surface area (Å²) in [5.41, 5.74) is 0.594. The summed E-state index contributed by atoms with van der Waals surface area (Å²) in [4.78, 5) is 15.8. The first-order valence-corrected chi connectivity index (χ1v) is 10.5. The highest BCUT2D eigenvalue weighted by molar-refractivity contribution is 7.09. The molecule has 0 radical (unpaired) electrons. The molecule has 0 aliphatic carbocycles. The number of carbonyl (C=O) groups excluding carboxylic acids is 1. The van der Waals surface area contributed by atoms with Crippen molar-refractivity contribution in [1.29, 1.82) is 0 Å². The van der Waals surface area contributed by atoms with Crippen molar-refractivity contribution >= 4 is 22.9 Å². The first-order chi connectivity index (χ1) is 14.5. The van der Waals surface area contributed by atoms with Crippen LogP contribution < -0.4 is 10.1 Å². The van der Waals surface area contributed by atoms with E-state index < -0.39 is 23.2 Å². The van der Waals surface area contributed by atoms with Crippen LogP contribution >= 0.6 is 11.3 Å². The molecule has 1 N–H and O–H groups in total. The molecule has 30 heavy (non-hydrogen) atoms. The Morgan fingerprint density at radius 3 is 2.40 bits per heavy atom. The van der Waals surface area contributed by atoms with E-state index in [0.29, 0.717) is 6.54 Å². The lowest BCUT2D eigenvalue weighted by molar-refractivity contribution is -0.118. The number of nitrogens with one attached hydrogen (secondary N) is 1. The molecule has 0 fully saturated rings. The summed E-state index contributed by atoms with van der Waals surface area (Å²) in [6, 6.07) is 15.2. The zero-order valence-electron chi connectivity index (χ0n) is 16.9. The van der Waals surface area contributed by atoms with Crippen molar-refractivity contribution in [3.05, 3.63) is 82.1 Å². The van der Waals surface area contributed by atoms with Gasteiger partial charge >= 0.3 is 0 Å². The lowest BCUT2D eigenvalue weighted by atomic mass is 10.1. The summed E-state index contributed by atoms with van der Waals surface area (Å²) >= 11 is 1.66. The van der Waals surface area contributed by atoms with Gasteiger partial charge in [0.1, 0.15) is 23.1 Å². The molecular weight excluding hydrogens is 406 g/mol. The van der Waals surface area contributed by atoms with Crippen molar-refractivity contribution in [3.8, 4) is 5.75 Å². The third-order valence-corrected chi connectivity index (χ3v) is 5.72. The first kappa shape index (κ1) is 21.9. The minimum absolute atomic E-state index is 0.00630. The van der Waals surface area contributed by atoms with Gasteiger partial charge in [-0.1, -0.05) is 24.3 Å². The van der Waals surface area contributed by atoms with Gasteiger partial charge in [-0.05, 0) is 54.6 Å². The van der Waals surface area contributed by atoms with E-state index in [1.54, 1.807) is 18.4 Å². The zero-order chi connectivity index (χ0) is 21.5. The molecule has 0 bridgehead atoms. The van der Waals surface area contributed by atoms with E-state index in [2.05, 4.69) is 11.4 Å². The second-order valence-corrected chi connectivity index (χ2v) is 8.06. The minimum Gasteiger partial charge on any atom is -0.497 e. The lowest BCUT2D eigenvalue weighted by Crippen LogP contribution is -2.40. The normalized spacial score (nSPS) is 12.0. The van der Waals surface area contributed by atoms with Crippen LogP contribution in [0.25, 0.3) is 0 Å². The Labute approximate surface area is 179 Å². The SMILES string of the molecule is COc1ccc(CN(CC(=O)Nc2c(F)cccc2F)C(C)Cc2cccs2)cc1. The molecule has 2 aromatic carbocycles. The van der Waals surface area contributed by atoms with Gasteiger partial charge in [-0.25, -0.2) is 8.78 Å². The molecule has 1 unspecified atom stereocenters. The number of anilines is 1. The summed E-state index contributed by atoms with van der Waals surface area (Å²) in [7, 11) is 1.61. The van der Waals surface area contributed by atoms with E-state index in [1.807, 2.05) is 47.5 Å². The van der Waals surface area contributed by atoms with Gasteiger partial charge in [0.25, 0.3) is 0 Å². The van der Waals surface area contributed by atoms with Gasteiger partial charge in [0.05, 0.1) is 13.7 Å². The van der Waals surface area contributed by atoms with E-state index in [0.717, 1.165) is 29.9 Å². The third kappa shape index (κ3) is 5.87. The monoisotopic (exact) mass is 430 g/mol. The number of rotatable bonds is 9. The summed E-state index contributed by atoms with van der Waals surface area (Å²) in [5.74, 6) is -1.30. The molecule has 1 aromatic heterocycles. The van der Waals surface area contributed by atoms with Crippen LogP contribution in [0.5, 0.6) is 5.75 Å².